The van der Waals surface area contributed by atoms with Crippen LogP contribution in [0.3, 0.4) is 0 Å². The van der Waals surface area contributed by atoms with E-state index in [0.717, 1.165) is 12.8 Å². The van der Waals surface area contributed by atoms with Crippen molar-refractivity contribution < 1.29 is 14.3 Å². The smallest absolute Gasteiger partial charge is 0.348 e. The van der Waals surface area contributed by atoms with Gasteiger partial charge in [0.15, 0.2) is 6.61 Å². The zero-order chi connectivity index (χ0) is 14.5. The Morgan fingerprint density at radius 1 is 1.40 bits per heavy atom. The fourth-order valence-corrected chi connectivity index (χ4v) is 3.25. The molecule has 0 aliphatic heterocycles. The van der Waals surface area contributed by atoms with Crippen molar-refractivity contribution >= 4 is 23.2 Å². The van der Waals surface area contributed by atoms with Crippen molar-refractivity contribution in [1.29, 1.82) is 0 Å². The van der Waals surface area contributed by atoms with E-state index >= 15 is 0 Å². The highest BCUT2D eigenvalue weighted by Gasteiger charge is 2.28. The summed E-state index contributed by atoms with van der Waals surface area (Å²) in [5.41, 5.74) is 0. The van der Waals surface area contributed by atoms with E-state index in [4.69, 9.17) is 4.74 Å². The molecule has 1 N–H and O–H groups in total. The van der Waals surface area contributed by atoms with Crippen molar-refractivity contribution in [1.82, 2.24) is 5.32 Å². The molecule has 1 aliphatic rings. The maximum Gasteiger partial charge on any atom is 0.348 e. The highest BCUT2D eigenvalue weighted by Crippen LogP contribution is 2.29. The molecule has 20 heavy (non-hydrogen) atoms. The number of hydrogen-bond acceptors (Lipinski definition) is 4. The molecule has 0 saturated heterocycles. The van der Waals surface area contributed by atoms with Gasteiger partial charge in [0.05, 0.1) is 0 Å². The van der Waals surface area contributed by atoms with Crippen LogP contribution >= 0.6 is 11.3 Å². The number of rotatable bonds is 4. The van der Waals surface area contributed by atoms with Gasteiger partial charge in [0, 0.05) is 6.04 Å². The lowest BCUT2D eigenvalue weighted by Gasteiger charge is -2.34. The second kappa shape index (κ2) is 6.88. The van der Waals surface area contributed by atoms with Crippen LogP contribution < -0.4 is 5.32 Å². The summed E-state index contributed by atoms with van der Waals surface area (Å²) in [7, 11) is 0. The largest absolute Gasteiger partial charge is 0.451 e. The standard InChI is InChI=1S/C15H21NO3S/c1-10-5-3-6-12(11(10)2)16-14(17)9-19-15(18)13-7-4-8-20-13/h4,7-8,10-12H,3,5-6,9H2,1-2H3,(H,16,17)/t10-,11+,12-/m0/s1. The third-order valence-electron chi connectivity index (χ3n) is 4.11. The number of esters is 1. The lowest BCUT2D eigenvalue weighted by Crippen LogP contribution is -2.45. The molecule has 1 aliphatic carbocycles. The van der Waals surface area contributed by atoms with Crippen LogP contribution in [-0.2, 0) is 9.53 Å². The SMILES string of the molecule is C[C@H]1[C@@H](NC(=O)COC(=O)c2cccs2)CCC[C@@H]1C. The van der Waals surface area contributed by atoms with E-state index in [0.29, 0.717) is 16.7 Å². The highest BCUT2D eigenvalue weighted by molar-refractivity contribution is 7.11. The molecule has 1 fully saturated rings. The van der Waals surface area contributed by atoms with E-state index in [1.807, 2.05) is 5.38 Å². The van der Waals surface area contributed by atoms with Crippen molar-refractivity contribution in [3.63, 3.8) is 0 Å². The van der Waals surface area contributed by atoms with Gasteiger partial charge < -0.3 is 10.1 Å². The molecule has 0 aromatic carbocycles. The Bertz CT molecular complexity index is 458. The highest BCUT2D eigenvalue weighted by atomic mass is 32.1. The molecule has 5 heteroatoms. The number of carbonyl (C=O) groups excluding carboxylic acids is 2. The lowest BCUT2D eigenvalue weighted by molar-refractivity contribution is -0.125. The van der Waals surface area contributed by atoms with Crippen molar-refractivity contribution in [3.8, 4) is 0 Å². The van der Waals surface area contributed by atoms with Gasteiger partial charge in [-0.2, -0.15) is 0 Å². The van der Waals surface area contributed by atoms with Gasteiger partial charge in [0.1, 0.15) is 4.88 Å². The Balaban J connectivity index is 1.76. The molecule has 1 amide bonds. The first-order chi connectivity index (χ1) is 9.58. The molecule has 1 aromatic heterocycles. The summed E-state index contributed by atoms with van der Waals surface area (Å²) in [6.07, 6.45) is 3.38. The van der Waals surface area contributed by atoms with Crippen LogP contribution in [0.2, 0.25) is 0 Å². The quantitative estimate of drug-likeness (QED) is 0.869. The van der Waals surface area contributed by atoms with Gasteiger partial charge in [-0.15, -0.1) is 11.3 Å². The van der Waals surface area contributed by atoms with Crippen LogP contribution in [0, 0.1) is 11.8 Å². The second-order valence-electron chi connectivity index (χ2n) is 5.49. The predicted molar refractivity (Wildman–Crippen MR) is 78.7 cm³/mol. The minimum atomic E-state index is -0.430. The normalized spacial score (nSPS) is 26.0. The van der Waals surface area contributed by atoms with Crippen LogP contribution in [0.1, 0.15) is 42.8 Å². The summed E-state index contributed by atoms with van der Waals surface area (Å²) >= 11 is 1.31. The fraction of sp³-hybridized carbons (Fsp3) is 0.600. The summed E-state index contributed by atoms with van der Waals surface area (Å²) in [4.78, 5) is 24.0. The molecule has 1 saturated carbocycles. The molecule has 0 bridgehead atoms. The molecule has 0 unspecified atom stereocenters. The predicted octanol–water partition coefficient (Wildman–Crippen LogP) is 2.85. The summed E-state index contributed by atoms with van der Waals surface area (Å²) in [6.45, 7) is 4.20. The topological polar surface area (TPSA) is 55.4 Å². The van der Waals surface area contributed by atoms with Crippen LogP contribution in [0.5, 0.6) is 0 Å². The van der Waals surface area contributed by atoms with Gasteiger partial charge in [-0.05, 0) is 29.7 Å². The van der Waals surface area contributed by atoms with E-state index in [-0.39, 0.29) is 18.6 Å². The molecule has 110 valence electrons. The third-order valence-corrected chi connectivity index (χ3v) is 4.96. The Morgan fingerprint density at radius 2 is 2.20 bits per heavy atom. The van der Waals surface area contributed by atoms with Crippen LogP contribution in [-0.4, -0.2) is 24.5 Å². The Labute approximate surface area is 123 Å². The average molecular weight is 295 g/mol. The molecule has 1 aromatic rings. The first-order valence-corrected chi connectivity index (χ1v) is 7.96. The minimum absolute atomic E-state index is 0.200. The maximum atomic E-state index is 11.9. The Morgan fingerprint density at radius 3 is 2.90 bits per heavy atom. The average Bonchev–Trinajstić information content (AvgIpc) is 2.95. The van der Waals surface area contributed by atoms with Crippen molar-refractivity contribution in [2.75, 3.05) is 6.61 Å². The van der Waals surface area contributed by atoms with Crippen LogP contribution in [0.25, 0.3) is 0 Å². The Hall–Kier alpha value is -1.36. The summed E-state index contributed by atoms with van der Waals surface area (Å²) in [6, 6.07) is 3.68. The number of amides is 1. The summed E-state index contributed by atoms with van der Waals surface area (Å²) in [5, 5.41) is 4.79. The minimum Gasteiger partial charge on any atom is -0.451 e. The van der Waals surface area contributed by atoms with Crippen molar-refractivity contribution in [2.45, 2.75) is 39.2 Å². The second-order valence-corrected chi connectivity index (χ2v) is 6.44. The molecule has 4 nitrogen and oxygen atoms in total. The number of nitrogens with one attached hydrogen (secondary N) is 1. The molecule has 2 rings (SSSR count). The van der Waals surface area contributed by atoms with Gasteiger partial charge >= 0.3 is 5.97 Å². The molecule has 0 radical (unpaired) electrons. The van der Waals surface area contributed by atoms with E-state index < -0.39 is 5.97 Å². The molecule has 1 heterocycles. The van der Waals surface area contributed by atoms with Gasteiger partial charge in [-0.3, -0.25) is 4.79 Å². The number of ether oxygens (including phenoxy) is 1. The third kappa shape index (κ3) is 3.82. The van der Waals surface area contributed by atoms with E-state index in [2.05, 4.69) is 19.2 Å². The van der Waals surface area contributed by atoms with Crippen molar-refractivity contribution in [3.05, 3.63) is 22.4 Å². The first-order valence-electron chi connectivity index (χ1n) is 7.08. The first kappa shape index (κ1) is 15.0. The molecule has 3 atom stereocenters. The zero-order valence-electron chi connectivity index (χ0n) is 11.9. The van der Waals surface area contributed by atoms with Gasteiger partial charge in [0.2, 0.25) is 0 Å². The Kier molecular flexibility index (Phi) is 5.17. The van der Waals surface area contributed by atoms with E-state index in [1.165, 1.54) is 17.8 Å². The molecular weight excluding hydrogens is 274 g/mol. The fourth-order valence-electron chi connectivity index (χ4n) is 2.63. The number of hydrogen-bond donors (Lipinski definition) is 1. The van der Waals surface area contributed by atoms with Gasteiger partial charge in [-0.1, -0.05) is 32.8 Å². The van der Waals surface area contributed by atoms with Crippen LogP contribution in [0.4, 0.5) is 0 Å². The number of carbonyl (C=O) groups is 2. The maximum absolute atomic E-state index is 11.9. The van der Waals surface area contributed by atoms with Gasteiger partial charge in [0.25, 0.3) is 5.91 Å². The van der Waals surface area contributed by atoms with Gasteiger partial charge in [-0.25, -0.2) is 4.79 Å². The lowest BCUT2D eigenvalue weighted by atomic mass is 9.78. The summed E-state index contributed by atoms with van der Waals surface area (Å²) < 4.78 is 5.01. The van der Waals surface area contributed by atoms with Crippen molar-refractivity contribution in [2.24, 2.45) is 11.8 Å². The molecular formula is C15H21NO3S. The monoisotopic (exact) mass is 295 g/mol. The number of thiophene rings is 1. The van der Waals surface area contributed by atoms with Crippen LogP contribution in [0.15, 0.2) is 17.5 Å². The molecule has 0 spiro atoms. The summed E-state index contributed by atoms with van der Waals surface area (Å²) in [5.74, 6) is 0.462. The zero-order valence-corrected chi connectivity index (χ0v) is 12.7. The van der Waals surface area contributed by atoms with E-state index in [1.54, 1.807) is 12.1 Å². The van der Waals surface area contributed by atoms with E-state index in [9.17, 15) is 9.59 Å².